The summed E-state index contributed by atoms with van der Waals surface area (Å²) in [6, 6.07) is 8.27. The molecule has 10 heteroatoms. The summed E-state index contributed by atoms with van der Waals surface area (Å²) in [5.74, 6) is 0.863. The minimum atomic E-state index is -4.45. The van der Waals surface area contributed by atoms with Gasteiger partial charge in [0.25, 0.3) is 0 Å². The van der Waals surface area contributed by atoms with E-state index in [4.69, 9.17) is 14.2 Å². The number of alkyl halides is 3. The van der Waals surface area contributed by atoms with Crippen LogP contribution in [-0.4, -0.2) is 41.1 Å². The van der Waals surface area contributed by atoms with E-state index in [0.717, 1.165) is 27.9 Å². The van der Waals surface area contributed by atoms with Crippen molar-refractivity contribution in [2.75, 3.05) is 20.3 Å². The molecule has 7 nitrogen and oxygen atoms in total. The van der Waals surface area contributed by atoms with Gasteiger partial charge >= 0.3 is 12.1 Å². The summed E-state index contributed by atoms with van der Waals surface area (Å²) in [7, 11) is 1.36. The predicted octanol–water partition coefficient (Wildman–Crippen LogP) is 5.16. The second-order valence-corrected chi connectivity index (χ2v) is 10.2. The Morgan fingerprint density at radius 2 is 2.03 bits per heavy atom. The first kappa shape index (κ1) is 25.6. The SMILES string of the molecule is COC(=O)CC1COc2cc(O[C@@H]3CCc4c3ccc(C(F)(F)F)c4CN3CCc4ncncc4C3)ccc21. The number of hydrogen-bond donors (Lipinski definition) is 0. The highest BCUT2D eigenvalue weighted by atomic mass is 19.4. The number of halogens is 3. The fraction of sp³-hybridized carbons (Fsp3) is 0.414. The summed E-state index contributed by atoms with van der Waals surface area (Å²) in [6.07, 6.45) is 0.462. The Bertz CT molecular complexity index is 1410. The minimum absolute atomic E-state index is 0.0784. The van der Waals surface area contributed by atoms with Crippen LogP contribution in [0.15, 0.2) is 42.9 Å². The largest absolute Gasteiger partial charge is 0.492 e. The second kappa shape index (κ2) is 10.1. The monoisotopic (exact) mass is 539 g/mol. The highest BCUT2D eigenvalue weighted by molar-refractivity contribution is 5.71. The maximum atomic E-state index is 14.1. The Labute approximate surface area is 223 Å². The van der Waals surface area contributed by atoms with Crippen molar-refractivity contribution in [1.29, 1.82) is 0 Å². The average molecular weight is 540 g/mol. The molecule has 2 aromatic carbocycles. The molecule has 3 aliphatic rings. The van der Waals surface area contributed by atoms with Crippen molar-refractivity contribution in [3.63, 3.8) is 0 Å². The molecular weight excluding hydrogens is 511 g/mol. The highest BCUT2D eigenvalue weighted by Gasteiger charge is 2.38. The van der Waals surface area contributed by atoms with E-state index in [1.165, 1.54) is 19.5 Å². The van der Waals surface area contributed by atoms with E-state index in [9.17, 15) is 18.0 Å². The number of nitrogens with zero attached hydrogens (tertiary/aromatic N) is 3. The summed E-state index contributed by atoms with van der Waals surface area (Å²) in [5, 5.41) is 0. The number of rotatable bonds is 6. The van der Waals surface area contributed by atoms with Gasteiger partial charge in [-0.05, 0) is 41.7 Å². The third-order valence-corrected chi connectivity index (χ3v) is 7.88. The van der Waals surface area contributed by atoms with Gasteiger partial charge in [-0.25, -0.2) is 9.97 Å². The zero-order valence-corrected chi connectivity index (χ0v) is 21.5. The van der Waals surface area contributed by atoms with Crippen molar-refractivity contribution in [2.45, 2.75) is 57.0 Å². The van der Waals surface area contributed by atoms with E-state index in [-0.39, 0.29) is 31.0 Å². The molecule has 2 aliphatic heterocycles. The van der Waals surface area contributed by atoms with Crippen LogP contribution >= 0.6 is 0 Å². The molecule has 1 aromatic heterocycles. The Balaban J connectivity index is 1.24. The lowest BCUT2D eigenvalue weighted by Crippen LogP contribution is -2.32. The fourth-order valence-electron chi connectivity index (χ4n) is 5.94. The van der Waals surface area contributed by atoms with Crippen LogP contribution in [0, 0.1) is 0 Å². The van der Waals surface area contributed by atoms with E-state index in [1.807, 2.05) is 17.0 Å². The first-order valence-electron chi connectivity index (χ1n) is 13.0. The molecule has 0 N–H and O–H groups in total. The van der Waals surface area contributed by atoms with Crippen LogP contribution in [0.1, 0.15) is 63.9 Å². The number of esters is 1. The molecule has 0 fully saturated rings. The summed E-state index contributed by atoms with van der Waals surface area (Å²) in [4.78, 5) is 22.1. The second-order valence-electron chi connectivity index (χ2n) is 10.2. The summed E-state index contributed by atoms with van der Waals surface area (Å²) in [6.45, 7) is 1.74. The molecule has 3 heterocycles. The lowest BCUT2D eigenvalue weighted by molar-refractivity contribution is -0.141. The van der Waals surface area contributed by atoms with Crippen LogP contribution in [0.3, 0.4) is 0 Å². The van der Waals surface area contributed by atoms with Gasteiger partial charge in [0.1, 0.15) is 23.9 Å². The predicted molar refractivity (Wildman–Crippen MR) is 134 cm³/mol. The summed E-state index contributed by atoms with van der Waals surface area (Å²) < 4.78 is 59.2. The van der Waals surface area contributed by atoms with Crippen molar-refractivity contribution >= 4 is 5.97 Å². The molecule has 1 unspecified atom stereocenters. The number of aromatic nitrogens is 2. The Morgan fingerprint density at radius 3 is 2.85 bits per heavy atom. The number of carbonyl (C=O) groups is 1. The van der Waals surface area contributed by atoms with Gasteiger partial charge in [0.15, 0.2) is 0 Å². The van der Waals surface area contributed by atoms with Crippen molar-refractivity contribution < 1.29 is 32.2 Å². The van der Waals surface area contributed by atoms with Crippen LogP contribution < -0.4 is 9.47 Å². The standard InChI is InChI=1S/C29H28F3N3O4/c1-37-28(36)10-17-15-38-27-11-19(2-3-20(17)27)39-26-7-5-21-22(26)4-6-24(29(30,31)32)23(21)14-35-9-8-25-18(13-35)12-33-16-34-25/h2-4,6,11-12,16-17,26H,5,7-10,13-15H2,1H3/t17?,26-/m1/s1. The molecule has 39 heavy (non-hydrogen) atoms. The van der Waals surface area contributed by atoms with E-state index in [1.54, 1.807) is 18.3 Å². The normalized spacial score (nSPS) is 20.1. The number of hydrogen-bond acceptors (Lipinski definition) is 7. The molecule has 0 saturated heterocycles. The molecule has 0 spiro atoms. The molecule has 0 amide bonds. The maximum Gasteiger partial charge on any atom is 0.416 e. The topological polar surface area (TPSA) is 73.8 Å². The molecule has 0 radical (unpaired) electrons. The third-order valence-electron chi connectivity index (χ3n) is 7.88. The van der Waals surface area contributed by atoms with Gasteiger partial charge in [-0.3, -0.25) is 9.69 Å². The average Bonchev–Trinajstić information content (AvgIpc) is 3.52. The van der Waals surface area contributed by atoms with Crippen LogP contribution in [0.2, 0.25) is 0 Å². The quantitative estimate of drug-likeness (QED) is 0.401. The zero-order valence-electron chi connectivity index (χ0n) is 21.5. The molecular formula is C29H28F3N3O4. The van der Waals surface area contributed by atoms with E-state index >= 15 is 0 Å². The third kappa shape index (κ3) is 5.05. The van der Waals surface area contributed by atoms with Crippen LogP contribution in [0.25, 0.3) is 0 Å². The lowest BCUT2D eigenvalue weighted by atomic mass is 9.95. The number of benzene rings is 2. The van der Waals surface area contributed by atoms with Gasteiger partial charge < -0.3 is 14.2 Å². The van der Waals surface area contributed by atoms with Crippen LogP contribution in [0.5, 0.6) is 11.5 Å². The van der Waals surface area contributed by atoms with Crippen molar-refractivity contribution in [2.24, 2.45) is 0 Å². The molecule has 6 rings (SSSR count). The molecule has 0 bridgehead atoms. The van der Waals surface area contributed by atoms with E-state index in [0.29, 0.717) is 56.0 Å². The molecule has 0 saturated carbocycles. The smallest absolute Gasteiger partial charge is 0.416 e. The Kier molecular flexibility index (Phi) is 6.66. The number of carbonyl (C=O) groups excluding carboxylic acids is 1. The van der Waals surface area contributed by atoms with Crippen LogP contribution in [0.4, 0.5) is 13.2 Å². The van der Waals surface area contributed by atoms with Crippen molar-refractivity contribution in [3.8, 4) is 11.5 Å². The van der Waals surface area contributed by atoms with Crippen molar-refractivity contribution in [3.05, 3.63) is 81.9 Å². The molecule has 204 valence electrons. The molecule has 1 aliphatic carbocycles. The number of ether oxygens (including phenoxy) is 3. The number of methoxy groups -OCH3 is 1. The first-order valence-corrected chi connectivity index (χ1v) is 13.0. The van der Waals surface area contributed by atoms with Gasteiger partial charge in [0, 0.05) is 61.1 Å². The zero-order chi connectivity index (χ0) is 27.1. The summed E-state index contributed by atoms with van der Waals surface area (Å²) >= 11 is 0. The van der Waals surface area contributed by atoms with Gasteiger partial charge in [-0.1, -0.05) is 12.1 Å². The summed E-state index contributed by atoms with van der Waals surface area (Å²) in [5.41, 5.74) is 4.10. The van der Waals surface area contributed by atoms with Crippen LogP contribution in [-0.2, 0) is 41.6 Å². The number of fused-ring (bicyclic) bond motifs is 3. The van der Waals surface area contributed by atoms with Crippen molar-refractivity contribution in [1.82, 2.24) is 14.9 Å². The first-order chi connectivity index (χ1) is 18.8. The van der Waals surface area contributed by atoms with Gasteiger partial charge in [0.05, 0.1) is 25.7 Å². The molecule has 3 aromatic rings. The van der Waals surface area contributed by atoms with E-state index < -0.39 is 11.7 Å². The van der Waals surface area contributed by atoms with E-state index in [2.05, 4.69) is 9.97 Å². The van der Waals surface area contributed by atoms with Gasteiger partial charge in [-0.15, -0.1) is 0 Å². The van der Waals surface area contributed by atoms with Gasteiger partial charge in [-0.2, -0.15) is 13.2 Å². The Hall–Kier alpha value is -3.66. The minimum Gasteiger partial charge on any atom is -0.492 e. The maximum absolute atomic E-state index is 14.1. The Morgan fingerprint density at radius 1 is 1.18 bits per heavy atom. The molecule has 2 atom stereocenters. The fourth-order valence-corrected chi connectivity index (χ4v) is 5.94. The van der Waals surface area contributed by atoms with Gasteiger partial charge in [0.2, 0.25) is 0 Å². The highest BCUT2D eigenvalue weighted by Crippen LogP contribution is 2.44. The lowest BCUT2D eigenvalue weighted by Gasteiger charge is -2.29.